The Morgan fingerprint density at radius 1 is 0.400 bits per heavy atom. The molecule has 1 rings (SSSR count). The van der Waals surface area contributed by atoms with Gasteiger partial charge in [0.15, 0.2) is 0 Å². The third-order valence-corrected chi connectivity index (χ3v) is 16.0. The summed E-state index contributed by atoms with van der Waals surface area (Å²) < 4.78 is 21.5. The maximum absolute atomic E-state index is 14.1. The van der Waals surface area contributed by atoms with E-state index < -0.39 is 153 Å². The molecule has 0 radical (unpaired) electrons. The van der Waals surface area contributed by atoms with E-state index in [0.29, 0.717) is 25.1 Å². The number of carboxylic acid groups (broad SMARTS) is 1. The van der Waals surface area contributed by atoms with Crippen LogP contribution in [0.3, 0.4) is 0 Å². The molecule has 1 aromatic rings. The molecule has 0 aliphatic carbocycles. The van der Waals surface area contributed by atoms with Gasteiger partial charge in [0.1, 0.15) is 55.2 Å². The van der Waals surface area contributed by atoms with Crippen LogP contribution in [0.25, 0.3) is 0 Å². The largest absolute Gasteiger partial charge is 0.508 e. The number of carboxylic acids is 1. The summed E-state index contributed by atoms with van der Waals surface area (Å²) in [5, 5.41) is 65.7. The zero-order valence-corrected chi connectivity index (χ0v) is 61.3. The molecule has 19 N–H and O–H groups in total. The fourth-order valence-corrected chi connectivity index (χ4v) is 10.1. The van der Waals surface area contributed by atoms with Crippen molar-refractivity contribution in [3.8, 4) is 5.75 Å². The maximum Gasteiger partial charge on any atom is 0.303 e. The van der Waals surface area contributed by atoms with E-state index >= 15 is 0 Å². The van der Waals surface area contributed by atoms with Crippen molar-refractivity contribution >= 4 is 82.8 Å². The topological polar surface area (TPSA) is 544 Å². The first-order valence-electron chi connectivity index (χ1n) is 36.1. The first-order chi connectivity index (χ1) is 50.3. The van der Waals surface area contributed by atoms with Crippen LogP contribution in [0.1, 0.15) is 160 Å². The van der Waals surface area contributed by atoms with Crippen molar-refractivity contribution in [2.24, 2.45) is 11.5 Å². The van der Waals surface area contributed by atoms with Gasteiger partial charge in [-0.3, -0.25) is 67.1 Å². The zero-order chi connectivity index (χ0) is 78.0. The van der Waals surface area contributed by atoms with E-state index in [1.54, 1.807) is 19.0 Å². The molecule has 13 amide bonds. The third kappa shape index (κ3) is 50.4. The minimum absolute atomic E-state index is 0.0121. The van der Waals surface area contributed by atoms with E-state index in [4.69, 9.17) is 35.5 Å². The van der Waals surface area contributed by atoms with Crippen molar-refractivity contribution in [3.63, 3.8) is 0 Å². The van der Waals surface area contributed by atoms with Crippen molar-refractivity contribution in [1.29, 1.82) is 0 Å². The van der Waals surface area contributed by atoms with Gasteiger partial charge in [-0.05, 0) is 70.4 Å². The monoisotopic (exact) mass is 1490 g/mol. The SMILES string of the molecule is CNC(=O)CCNC(=O)[C@H](Cc1ccc(O)cc1)NC(=O)[C@H](CCC(N)=O)NC(=O)[C@H](CCN(C)C)NC(=O)[C@H](CO)NC(=O)[C@H](CCC(N)=O)NC(=O)[C@@H](CO)NC(=O)CNC(=O)COCCOCCNC(=O)COCCOCCNC(=O)CCCCCCCCCCCCCCCCCCC(=O)O. The van der Waals surface area contributed by atoms with Gasteiger partial charge in [0.25, 0.3) is 0 Å². The summed E-state index contributed by atoms with van der Waals surface area (Å²) in [7, 11) is 4.69. The molecule has 0 unspecified atom stereocenters. The minimum atomic E-state index is -1.85. The predicted molar refractivity (Wildman–Crippen MR) is 382 cm³/mol. The van der Waals surface area contributed by atoms with Crippen molar-refractivity contribution in [2.75, 3.05) is 120 Å². The molecule has 6 atom stereocenters. The number of ether oxygens (including phenoxy) is 4. The number of hydrogen-bond acceptors (Lipinski definition) is 22. The fourth-order valence-electron chi connectivity index (χ4n) is 10.1. The predicted octanol–water partition coefficient (Wildman–Crippen LogP) is -2.92. The molecule has 0 aliphatic rings. The molecule has 0 saturated heterocycles. The van der Waals surface area contributed by atoms with Crippen molar-refractivity contribution in [2.45, 2.75) is 197 Å². The average molecular weight is 1500 g/mol. The molecular formula is C69H118N14O22. The molecule has 0 fully saturated rings. The third-order valence-electron chi connectivity index (χ3n) is 16.0. The van der Waals surface area contributed by atoms with Gasteiger partial charge >= 0.3 is 5.97 Å². The Morgan fingerprint density at radius 3 is 1.23 bits per heavy atom. The Bertz CT molecular complexity index is 2770. The van der Waals surface area contributed by atoms with Gasteiger partial charge in [-0.25, -0.2) is 0 Å². The molecule has 0 heterocycles. The van der Waals surface area contributed by atoms with Crippen molar-refractivity contribution in [3.05, 3.63) is 29.8 Å². The second-order valence-electron chi connectivity index (χ2n) is 25.3. The van der Waals surface area contributed by atoms with Gasteiger partial charge in [0.2, 0.25) is 76.8 Å². The smallest absolute Gasteiger partial charge is 0.303 e. The highest BCUT2D eigenvalue weighted by Gasteiger charge is 2.34. The highest BCUT2D eigenvalue weighted by atomic mass is 16.5. The molecule has 1 aromatic carbocycles. The molecule has 0 saturated carbocycles. The summed E-state index contributed by atoms with van der Waals surface area (Å²) in [4.78, 5) is 180. The van der Waals surface area contributed by atoms with Crippen LogP contribution in [0, 0.1) is 0 Å². The number of phenolic OH excluding ortho intramolecular Hbond substituents is 1. The molecule has 596 valence electrons. The fraction of sp³-hybridized carbons (Fsp3) is 0.710. The number of hydrogen-bond donors (Lipinski definition) is 17. The standard InChI is InChI=1S/C69H118N14O22/c1-72-58(89)30-32-75-64(96)53(42-48-22-24-49(86)25-23-48)81-65(97)50(26-28-56(70)87)78-67(99)52(31-35-83(2)3)80-69(101)55(45-85)82-66(98)51(27-29-57(71)88)79-68(100)54(44-84)77-60(91)43-76-62(93)47-105-41-39-103-37-34-74-61(92)46-104-40-38-102-36-33-73-59(90)20-18-16-14-12-10-8-6-4-5-7-9-11-13-15-17-19-21-63(94)95/h22-25,50-55,84-86H,4-21,26-47H2,1-3H3,(H2,70,87)(H2,71,88)(H,72,89)(H,73,90)(H,74,92)(H,75,96)(H,76,93)(H,77,91)(H,78,99)(H,79,100)(H,80,101)(H,81,97)(H,82,98)(H,94,95)/t50-,51-,52-,53-,54+,55-/m0/s1. The molecule has 0 aliphatic heterocycles. The number of benzene rings is 1. The number of nitrogens with two attached hydrogens (primary N) is 2. The summed E-state index contributed by atoms with van der Waals surface area (Å²) in [6, 6.07) is -4.03. The number of aromatic hydroxyl groups is 1. The lowest BCUT2D eigenvalue weighted by atomic mass is 10.0. The van der Waals surface area contributed by atoms with Gasteiger partial charge in [-0.15, -0.1) is 0 Å². The quantitative estimate of drug-likeness (QED) is 0.0291. The number of aliphatic hydroxyl groups excluding tert-OH is 2. The molecule has 0 spiro atoms. The van der Waals surface area contributed by atoms with E-state index in [9.17, 15) is 82.4 Å². The molecule has 105 heavy (non-hydrogen) atoms. The Hall–Kier alpha value is -8.68. The number of carbonyl (C=O) groups excluding carboxylic acids is 13. The van der Waals surface area contributed by atoms with Crippen LogP contribution >= 0.6 is 0 Å². The number of amides is 13. The van der Waals surface area contributed by atoms with E-state index in [2.05, 4.69) is 58.5 Å². The molecule has 0 bridgehead atoms. The second-order valence-corrected chi connectivity index (χ2v) is 25.3. The number of unbranched alkanes of at least 4 members (excludes halogenated alkanes) is 15. The number of nitrogens with one attached hydrogen (secondary N) is 11. The van der Waals surface area contributed by atoms with Gasteiger partial charge in [0, 0.05) is 65.2 Å². The van der Waals surface area contributed by atoms with Crippen LogP contribution in [0.5, 0.6) is 5.75 Å². The minimum Gasteiger partial charge on any atom is -0.508 e. The Morgan fingerprint density at radius 2 is 0.790 bits per heavy atom. The Labute approximate surface area is 614 Å². The summed E-state index contributed by atoms with van der Waals surface area (Å²) >= 11 is 0. The van der Waals surface area contributed by atoms with Crippen molar-refractivity contribution < 1.29 is 106 Å². The van der Waals surface area contributed by atoms with Crippen molar-refractivity contribution in [1.82, 2.24) is 63.4 Å². The lowest BCUT2D eigenvalue weighted by molar-refractivity contribution is -0.137. The number of primary amides is 2. The number of rotatable bonds is 65. The Kier molecular flexibility index (Phi) is 53.5. The lowest BCUT2D eigenvalue weighted by Crippen LogP contribution is -2.61. The normalized spacial score (nSPS) is 12.7. The number of phenols is 1. The number of carbonyl (C=O) groups is 14. The first-order valence-corrected chi connectivity index (χ1v) is 36.1. The second kappa shape index (κ2) is 59.6. The number of aliphatic carboxylic acids is 1. The van der Waals surface area contributed by atoms with Crippen LogP contribution in [0.15, 0.2) is 24.3 Å². The number of nitrogens with zero attached hydrogens (tertiary/aromatic N) is 1. The van der Waals surface area contributed by atoms with E-state index in [1.807, 2.05) is 0 Å². The summed E-state index contributed by atoms with van der Waals surface area (Å²) in [6.45, 7) is -2.24. The summed E-state index contributed by atoms with van der Waals surface area (Å²) in [5.41, 5.74) is 11.2. The summed E-state index contributed by atoms with van der Waals surface area (Å²) in [6.07, 6.45) is 16.9. The molecule has 36 heteroatoms. The van der Waals surface area contributed by atoms with E-state index in [1.165, 1.54) is 95.5 Å². The average Bonchev–Trinajstić information content (AvgIpc) is 0.862. The van der Waals surface area contributed by atoms with Crippen LogP contribution in [-0.4, -0.2) is 264 Å². The maximum atomic E-state index is 14.1. The number of aliphatic hydroxyl groups is 2. The Balaban J connectivity index is 2.53. The van der Waals surface area contributed by atoms with Crippen LogP contribution < -0.4 is 70.0 Å². The first kappa shape index (κ1) is 94.3. The zero-order valence-electron chi connectivity index (χ0n) is 61.3. The van der Waals surface area contributed by atoms with Gasteiger partial charge in [-0.1, -0.05) is 102 Å². The molecule has 36 nitrogen and oxygen atoms in total. The van der Waals surface area contributed by atoms with Crippen LogP contribution in [-0.2, 0) is 92.5 Å². The van der Waals surface area contributed by atoms with Gasteiger partial charge in [-0.2, -0.15) is 0 Å². The highest BCUT2D eigenvalue weighted by molar-refractivity contribution is 5.98. The summed E-state index contributed by atoms with van der Waals surface area (Å²) in [5.74, 6) is -11.3. The molecule has 0 aromatic heterocycles. The highest BCUT2D eigenvalue weighted by Crippen LogP contribution is 2.16. The van der Waals surface area contributed by atoms with Gasteiger partial charge in [0.05, 0.1) is 59.4 Å². The molecular weight excluding hydrogens is 1380 g/mol. The lowest BCUT2D eigenvalue weighted by Gasteiger charge is -2.27. The van der Waals surface area contributed by atoms with E-state index in [-0.39, 0.29) is 108 Å². The van der Waals surface area contributed by atoms with Crippen LogP contribution in [0.2, 0.25) is 0 Å². The van der Waals surface area contributed by atoms with Gasteiger partial charge < -0.3 is 114 Å². The van der Waals surface area contributed by atoms with Crippen LogP contribution in [0.4, 0.5) is 0 Å². The van der Waals surface area contributed by atoms with E-state index in [0.717, 1.165) is 38.5 Å².